The molecule has 0 aliphatic heterocycles. The van der Waals surface area contributed by atoms with Crippen LogP contribution in [0.1, 0.15) is 32.8 Å². The molecular weight excluding hydrogens is 217 g/mol. The van der Waals surface area contributed by atoms with Gasteiger partial charge in [0.05, 0.1) is 11.0 Å². The van der Waals surface area contributed by atoms with E-state index in [1.165, 1.54) is 6.07 Å². The summed E-state index contributed by atoms with van der Waals surface area (Å²) in [5.74, 6) is 0.202. The molecule has 0 unspecified atom stereocenters. The third-order valence-electron chi connectivity index (χ3n) is 3.43. The lowest BCUT2D eigenvalue weighted by Gasteiger charge is -2.27. The Kier molecular flexibility index (Phi) is 2.60. The van der Waals surface area contributed by atoms with Crippen LogP contribution in [-0.2, 0) is 5.54 Å². The number of benzene rings is 1. The number of anilines is 1. The summed E-state index contributed by atoms with van der Waals surface area (Å²) in [6, 6.07) is 3.26. The molecule has 0 saturated heterocycles. The molecule has 1 aromatic carbocycles. The number of nitrogens with two attached hydrogens (primary N) is 1. The number of hydrogen-bond acceptors (Lipinski definition) is 2. The number of imidazole rings is 1. The summed E-state index contributed by atoms with van der Waals surface area (Å²) in [7, 11) is 0. The molecule has 0 saturated carbocycles. The first kappa shape index (κ1) is 11.9. The average Bonchev–Trinajstić information content (AvgIpc) is 2.55. The SMILES string of the molecule is CCC(C)(C)n1c(N)nc2cc(F)c(C)cc21. The van der Waals surface area contributed by atoms with Crippen molar-refractivity contribution in [1.82, 2.24) is 9.55 Å². The molecule has 0 radical (unpaired) electrons. The Labute approximate surface area is 100 Å². The quantitative estimate of drug-likeness (QED) is 0.868. The second-order valence-corrected chi connectivity index (χ2v) is 5.06. The number of aromatic nitrogens is 2. The molecule has 2 rings (SSSR count). The minimum Gasteiger partial charge on any atom is -0.369 e. The van der Waals surface area contributed by atoms with E-state index in [0.29, 0.717) is 17.0 Å². The maximum absolute atomic E-state index is 13.5. The molecule has 0 bridgehead atoms. The highest BCUT2D eigenvalue weighted by Crippen LogP contribution is 2.30. The third kappa shape index (κ3) is 1.77. The van der Waals surface area contributed by atoms with Crippen molar-refractivity contribution < 1.29 is 4.39 Å². The van der Waals surface area contributed by atoms with Gasteiger partial charge in [-0.15, -0.1) is 0 Å². The molecule has 1 heterocycles. The number of halogens is 1. The van der Waals surface area contributed by atoms with Gasteiger partial charge < -0.3 is 10.3 Å². The van der Waals surface area contributed by atoms with Gasteiger partial charge in [-0.2, -0.15) is 0 Å². The Bertz CT molecular complexity index is 570. The van der Waals surface area contributed by atoms with Crippen molar-refractivity contribution in [3.63, 3.8) is 0 Å². The molecule has 0 atom stereocenters. The predicted octanol–water partition coefficient (Wildman–Crippen LogP) is 3.21. The molecule has 0 aliphatic rings. The van der Waals surface area contributed by atoms with Crippen LogP contribution < -0.4 is 5.73 Å². The fourth-order valence-corrected chi connectivity index (χ4v) is 2.02. The van der Waals surface area contributed by atoms with Crippen LogP contribution >= 0.6 is 0 Å². The summed E-state index contributed by atoms with van der Waals surface area (Å²) in [5.41, 5.74) is 7.95. The van der Waals surface area contributed by atoms with Gasteiger partial charge in [-0.05, 0) is 38.8 Å². The van der Waals surface area contributed by atoms with Crippen molar-refractivity contribution in [3.8, 4) is 0 Å². The number of rotatable bonds is 2. The van der Waals surface area contributed by atoms with E-state index < -0.39 is 0 Å². The molecule has 92 valence electrons. The zero-order valence-electron chi connectivity index (χ0n) is 10.7. The van der Waals surface area contributed by atoms with Crippen LogP contribution in [0.2, 0.25) is 0 Å². The van der Waals surface area contributed by atoms with Crippen molar-refractivity contribution in [2.45, 2.75) is 39.7 Å². The summed E-state index contributed by atoms with van der Waals surface area (Å²) in [6.07, 6.45) is 0.930. The monoisotopic (exact) mass is 235 g/mol. The van der Waals surface area contributed by atoms with E-state index in [9.17, 15) is 4.39 Å². The Balaban J connectivity index is 2.80. The third-order valence-corrected chi connectivity index (χ3v) is 3.43. The van der Waals surface area contributed by atoms with Gasteiger partial charge >= 0.3 is 0 Å². The van der Waals surface area contributed by atoms with E-state index in [2.05, 4.69) is 25.8 Å². The van der Waals surface area contributed by atoms with Crippen LogP contribution in [0.3, 0.4) is 0 Å². The van der Waals surface area contributed by atoms with Crippen molar-refractivity contribution in [2.75, 3.05) is 5.73 Å². The second kappa shape index (κ2) is 3.72. The Hall–Kier alpha value is -1.58. The minimum atomic E-state index is -0.239. The van der Waals surface area contributed by atoms with E-state index in [4.69, 9.17) is 5.73 Å². The highest BCUT2D eigenvalue weighted by molar-refractivity contribution is 5.79. The molecule has 0 fully saturated rings. The van der Waals surface area contributed by atoms with E-state index >= 15 is 0 Å². The zero-order valence-corrected chi connectivity index (χ0v) is 10.7. The molecule has 2 N–H and O–H groups in total. The maximum atomic E-state index is 13.5. The maximum Gasteiger partial charge on any atom is 0.201 e. The molecule has 0 amide bonds. The Morgan fingerprint density at radius 3 is 2.65 bits per heavy atom. The molecule has 0 aliphatic carbocycles. The minimum absolute atomic E-state index is 0.122. The summed E-state index contributed by atoms with van der Waals surface area (Å²) >= 11 is 0. The zero-order chi connectivity index (χ0) is 12.8. The fraction of sp³-hybridized carbons (Fsp3) is 0.462. The smallest absolute Gasteiger partial charge is 0.201 e. The van der Waals surface area contributed by atoms with Crippen LogP contribution in [0.4, 0.5) is 10.3 Å². The summed E-state index contributed by atoms with van der Waals surface area (Å²) in [6.45, 7) is 8.05. The molecule has 17 heavy (non-hydrogen) atoms. The molecule has 2 aromatic rings. The number of nitrogens with zero attached hydrogens (tertiary/aromatic N) is 2. The number of nitrogen functional groups attached to an aromatic ring is 1. The Morgan fingerprint density at radius 2 is 2.06 bits per heavy atom. The van der Waals surface area contributed by atoms with Gasteiger partial charge in [-0.3, -0.25) is 0 Å². The van der Waals surface area contributed by atoms with E-state index in [-0.39, 0.29) is 11.4 Å². The summed E-state index contributed by atoms with van der Waals surface area (Å²) < 4.78 is 15.5. The van der Waals surface area contributed by atoms with Crippen molar-refractivity contribution >= 4 is 17.0 Å². The number of aryl methyl sites for hydroxylation is 1. The number of fused-ring (bicyclic) bond motifs is 1. The first-order valence-corrected chi connectivity index (χ1v) is 5.81. The normalized spacial score (nSPS) is 12.3. The standard InChI is InChI=1S/C13H18FN3/c1-5-13(3,4)17-11-6-8(2)9(14)7-10(11)16-12(17)15/h6-7H,5H2,1-4H3,(H2,15,16). The first-order chi connectivity index (χ1) is 7.86. The summed E-state index contributed by atoms with van der Waals surface area (Å²) in [4.78, 5) is 4.23. The lowest BCUT2D eigenvalue weighted by atomic mass is 10.0. The lowest BCUT2D eigenvalue weighted by molar-refractivity contribution is 0.357. The van der Waals surface area contributed by atoms with Crippen molar-refractivity contribution in [2.24, 2.45) is 0 Å². The molecule has 1 aromatic heterocycles. The number of hydrogen-bond donors (Lipinski definition) is 1. The van der Waals surface area contributed by atoms with Gasteiger partial charge in [0.2, 0.25) is 5.95 Å². The molecule has 0 spiro atoms. The Morgan fingerprint density at radius 1 is 1.41 bits per heavy atom. The van der Waals surface area contributed by atoms with Crippen LogP contribution in [0.25, 0.3) is 11.0 Å². The first-order valence-electron chi connectivity index (χ1n) is 5.81. The van der Waals surface area contributed by atoms with Gasteiger partial charge in [0.15, 0.2) is 0 Å². The van der Waals surface area contributed by atoms with Crippen LogP contribution in [0.15, 0.2) is 12.1 Å². The van der Waals surface area contributed by atoms with Gasteiger partial charge in [0, 0.05) is 11.6 Å². The molecular formula is C13H18FN3. The van der Waals surface area contributed by atoms with Crippen LogP contribution in [0, 0.1) is 12.7 Å². The van der Waals surface area contributed by atoms with Crippen molar-refractivity contribution in [3.05, 3.63) is 23.5 Å². The summed E-state index contributed by atoms with van der Waals surface area (Å²) in [5, 5.41) is 0. The van der Waals surface area contributed by atoms with Crippen LogP contribution in [-0.4, -0.2) is 9.55 Å². The lowest BCUT2D eigenvalue weighted by Crippen LogP contribution is -2.26. The van der Waals surface area contributed by atoms with Gasteiger partial charge in [0.25, 0.3) is 0 Å². The van der Waals surface area contributed by atoms with E-state index in [1.54, 1.807) is 6.92 Å². The highest BCUT2D eigenvalue weighted by atomic mass is 19.1. The average molecular weight is 235 g/mol. The molecule has 3 nitrogen and oxygen atoms in total. The fourth-order valence-electron chi connectivity index (χ4n) is 2.02. The largest absolute Gasteiger partial charge is 0.369 e. The van der Waals surface area contributed by atoms with E-state index in [0.717, 1.165) is 11.9 Å². The van der Waals surface area contributed by atoms with E-state index in [1.807, 2.05) is 10.6 Å². The van der Waals surface area contributed by atoms with Crippen LogP contribution in [0.5, 0.6) is 0 Å². The van der Waals surface area contributed by atoms with Gasteiger partial charge in [0.1, 0.15) is 5.82 Å². The highest BCUT2D eigenvalue weighted by Gasteiger charge is 2.23. The molecule has 4 heteroatoms. The predicted molar refractivity (Wildman–Crippen MR) is 68.5 cm³/mol. The van der Waals surface area contributed by atoms with Gasteiger partial charge in [-0.1, -0.05) is 6.92 Å². The van der Waals surface area contributed by atoms with Crippen molar-refractivity contribution in [1.29, 1.82) is 0 Å². The topological polar surface area (TPSA) is 43.8 Å². The van der Waals surface area contributed by atoms with Gasteiger partial charge in [-0.25, -0.2) is 9.37 Å². The second-order valence-electron chi connectivity index (χ2n) is 5.06.